The van der Waals surface area contributed by atoms with E-state index in [-0.39, 0.29) is 6.04 Å². The highest BCUT2D eigenvalue weighted by Gasteiger charge is 2.12. The largest absolute Gasteiger partial charge is 0.387 e. The number of hydrogen-bond acceptors (Lipinski definition) is 2. The van der Waals surface area contributed by atoms with E-state index >= 15 is 0 Å². The highest BCUT2D eigenvalue weighted by Crippen LogP contribution is 2.18. The molecule has 0 bridgehead atoms. The number of nitrogens with one attached hydrogen (secondary N) is 1. The first kappa shape index (κ1) is 16.0. The van der Waals surface area contributed by atoms with Crippen LogP contribution < -0.4 is 5.32 Å². The summed E-state index contributed by atoms with van der Waals surface area (Å²) < 4.78 is 0. The van der Waals surface area contributed by atoms with Gasteiger partial charge in [-0.05, 0) is 43.0 Å². The molecule has 0 saturated carbocycles. The normalized spacial score (nSPS) is 13.9. The Morgan fingerprint density at radius 1 is 1.10 bits per heavy atom. The van der Waals surface area contributed by atoms with Gasteiger partial charge in [0.1, 0.15) is 0 Å². The predicted octanol–water partition coefficient (Wildman–Crippen LogP) is 3.90. The third-order valence-corrected chi connectivity index (χ3v) is 4.06. The molecule has 2 N–H and O–H groups in total. The molecule has 0 amide bonds. The lowest BCUT2D eigenvalue weighted by molar-refractivity contribution is 0.170. The van der Waals surface area contributed by atoms with E-state index < -0.39 is 6.10 Å². The minimum atomic E-state index is -0.486. The SMILES string of the molecule is Cc1ccccc1[C@@H](O)CNC(C)Cc1ccccc1Cl. The fourth-order valence-corrected chi connectivity index (χ4v) is 2.66. The van der Waals surface area contributed by atoms with Crippen LogP contribution in [-0.4, -0.2) is 17.7 Å². The second-order valence-corrected chi connectivity index (χ2v) is 5.88. The molecule has 0 radical (unpaired) electrons. The monoisotopic (exact) mass is 303 g/mol. The van der Waals surface area contributed by atoms with Gasteiger partial charge in [-0.2, -0.15) is 0 Å². The molecule has 0 aliphatic rings. The van der Waals surface area contributed by atoms with Gasteiger partial charge >= 0.3 is 0 Å². The molecule has 2 atom stereocenters. The van der Waals surface area contributed by atoms with Crippen LogP contribution in [0.1, 0.15) is 29.7 Å². The minimum Gasteiger partial charge on any atom is -0.387 e. The van der Waals surface area contributed by atoms with Gasteiger partial charge in [-0.1, -0.05) is 54.1 Å². The van der Waals surface area contributed by atoms with E-state index in [4.69, 9.17) is 11.6 Å². The van der Waals surface area contributed by atoms with Crippen LogP contribution in [0.4, 0.5) is 0 Å². The lowest BCUT2D eigenvalue weighted by atomic mass is 10.0. The van der Waals surface area contributed by atoms with Gasteiger partial charge in [-0.3, -0.25) is 0 Å². The van der Waals surface area contributed by atoms with E-state index in [0.717, 1.165) is 28.1 Å². The van der Waals surface area contributed by atoms with Gasteiger partial charge < -0.3 is 10.4 Å². The van der Waals surface area contributed by atoms with Crippen LogP contribution in [0.5, 0.6) is 0 Å². The van der Waals surface area contributed by atoms with Crippen molar-refractivity contribution in [1.29, 1.82) is 0 Å². The van der Waals surface area contributed by atoms with Crippen LogP contribution in [0.25, 0.3) is 0 Å². The number of aliphatic hydroxyl groups excluding tert-OH is 1. The standard InChI is InChI=1S/C18H22ClNO/c1-13-7-3-5-9-16(13)18(21)12-20-14(2)11-15-8-4-6-10-17(15)19/h3-10,14,18,20-21H,11-12H2,1-2H3/t14?,18-/m0/s1. The van der Waals surface area contributed by atoms with Crippen LogP contribution in [-0.2, 0) is 6.42 Å². The zero-order chi connectivity index (χ0) is 15.2. The molecule has 0 saturated heterocycles. The Kier molecular flexibility index (Phi) is 5.80. The van der Waals surface area contributed by atoms with Crippen molar-refractivity contribution < 1.29 is 5.11 Å². The molecule has 0 aliphatic carbocycles. The molecule has 0 spiro atoms. The first-order valence-electron chi connectivity index (χ1n) is 7.28. The van der Waals surface area contributed by atoms with Crippen molar-refractivity contribution in [3.8, 4) is 0 Å². The van der Waals surface area contributed by atoms with Crippen molar-refractivity contribution in [3.05, 3.63) is 70.2 Å². The fourth-order valence-electron chi connectivity index (χ4n) is 2.45. The van der Waals surface area contributed by atoms with Gasteiger partial charge in [0, 0.05) is 17.6 Å². The lowest BCUT2D eigenvalue weighted by Gasteiger charge is -2.19. The van der Waals surface area contributed by atoms with Crippen LogP contribution in [0, 0.1) is 6.92 Å². The van der Waals surface area contributed by atoms with Crippen molar-refractivity contribution in [2.45, 2.75) is 32.4 Å². The molecular formula is C18H22ClNO. The quantitative estimate of drug-likeness (QED) is 0.848. The van der Waals surface area contributed by atoms with Gasteiger partial charge in [0.05, 0.1) is 6.10 Å². The molecular weight excluding hydrogens is 282 g/mol. The molecule has 0 heterocycles. The van der Waals surface area contributed by atoms with E-state index in [1.54, 1.807) is 0 Å². The highest BCUT2D eigenvalue weighted by atomic mass is 35.5. The van der Waals surface area contributed by atoms with Crippen LogP contribution in [0.2, 0.25) is 5.02 Å². The number of benzene rings is 2. The highest BCUT2D eigenvalue weighted by molar-refractivity contribution is 6.31. The maximum Gasteiger partial charge on any atom is 0.0917 e. The van der Waals surface area contributed by atoms with Crippen molar-refractivity contribution in [1.82, 2.24) is 5.32 Å². The number of halogens is 1. The zero-order valence-corrected chi connectivity index (χ0v) is 13.3. The van der Waals surface area contributed by atoms with Crippen LogP contribution in [0.3, 0.4) is 0 Å². The van der Waals surface area contributed by atoms with Gasteiger partial charge in [0.25, 0.3) is 0 Å². The van der Waals surface area contributed by atoms with Crippen molar-refractivity contribution in [2.75, 3.05) is 6.54 Å². The van der Waals surface area contributed by atoms with Crippen molar-refractivity contribution >= 4 is 11.6 Å². The molecule has 3 heteroatoms. The molecule has 112 valence electrons. The second-order valence-electron chi connectivity index (χ2n) is 5.48. The van der Waals surface area contributed by atoms with Crippen LogP contribution >= 0.6 is 11.6 Å². The summed E-state index contributed by atoms with van der Waals surface area (Å²) in [6.07, 6.45) is 0.361. The molecule has 0 fully saturated rings. The number of hydrogen-bond donors (Lipinski definition) is 2. The summed E-state index contributed by atoms with van der Waals surface area (Å²) in [4.78, 5) is 0. The van der Waals surface area contributed by atoms with Crippen LogP contribution in [0.15, 0.2) is 48.5 Å². The molecule has 2 rings (SSSR count). The zero-order valence-electron chi connectivity index (χ0n) is 12.5. The molecule has 0 aliphatic heterocycles. The van der Waals surface area contributed by atoms with E-state index in [1.807, 2.05) is 55.5 Å². The Morgan fingerprint density at radius 3 is 2.48 bits per heavy atom. The van der Waals surface area contributed by atoms with Gasteiger partial charge in [0.15, 0.2) is 0 Å². The maximum atomic E-state index is 10.3. The topological polar surface area (TPSA) is 32.3 Å². The second kappa shape index (κ2) is 7.60. The summed E-state index contributed by atoms with van der Waals surface area (Å²) in [6, 6.07) is 16.1. The van der Waals surface area contributed by atoms with Gasteiger partial charge in [-0.25, -0.2) is 0 Å². The summed E-state index contributed by atoms with van der Waals surface area (Å²) in [7, 11) is 0. The summed E-state index contributed by atoms with van der Waals surface area (Å²) in [6.45, 7) is 4.66. The Hall–Kier alpha value is -1.35. The Balaban J connectivity index is 1.88. The van der Waals surface area contributed by atoms with E-state index in [9.17, 15) is 5.11 Å². The molecule has 2 aromatic carbocycles. The molecule has 1 unspecified atom stereocenters. The molecule has 21 heavy (non-hydrogen) atoms. The summed E-state index contributed by atoms with van der Waals surface area (Å²) in [5.41, 5.74) is 3.23. The minimum absolute atomic E-state index is 0.253. The predicted molar refractivity (Wildman–Crippen MR) is 88.8 cm³/mol. The third-order valence-electron chi connectivity index (χ3n) is 3.69. The first-order valence-corrected chi connectivity index (χ1v) is 7.66. The van der Waals surface area contributed by atoms with E-state index in [1.165, 1.54) is 0 Å². The summed E-state index contributed by atoms with van der Waals surface area (Å²) in [5, 5.41) is 14.5. The first-order chi connectivity index (χ1) is 10.1. The van der Waals surface area contributed by atoms with Gasteiger partial charge in [-0.15, -0.1) is 0 Å². The van der Waals surface area contributed by atoms with Gasteiger partial charge in [0.2, 0.25) is 0 Å². The number of aliphatic hydroxyl groups is 1. The Labute approximate surface area is 131 Å². The smallest absolute Gasteiger partial charge is 0.0917 e. The van der Waals surface area contributed by atoms with Crippen molar-refractivity contribution in [2.24, 2.45) is 0 Å². The van der Waals surface area contributed by atoms with E-state index in [0.29, 0.717) is 6.54 Å². The molecule has 2 aromatic rings. The average Bonchev–Trinajstić information content (AvgIpc) is 2.48. The van der Waals surface area contributed by atoms with Crippen molar-refractivity contribution in [3.63, 3.8) is 0 Å². The maximum absolute atomic E-state index is 10.3. The Morgan fingerprint density at radius 2 is 1.76 bits per heavy atom. The number of rotatable bonds is 6. The summed E-state index contributed by atoms with van der Waals surface area (Å²) in [5.74, 6) is 0. The molecule has 0 aromatic heterocycles. The fraction of sp³-hybridized carbons (Fsp3) is 0.333. The Bertz CT molecular complexity index is 585. The third kappa shape index (κ3) is 4.57. The van der Waals surface area contributed by atoms with E-state index in [2.05, 4.69) is 12.2 Å². The lowest BCUT2D eigenvalue weighted by Crippen LogP contribution is -2.32. The summed E-state index contributed by atoms with van der Waals surface area (Å²) >= 11 is 6.17. The number of aryl methyl sites for hydroxylation is 1. The molecule has 2 nitrogen and oxygen atoms in total. The average molecular weight is 304 g/mol.